The van der Waals surface area contributed by atoms with Gasteiger partial charge in [0.25, 0.3) is 0 Å². The fraction of sp³-hybridized carbons (Fsp3) is 0.375. The molecule has 0 atom stereocenters. The quantitative estimate of drug-likeness (QED) is 0.770. The molecule has 1 heterocycles. The van der Waals surface area contributed by atoms with E-state index in [1.165, 1.54) is 42.1 Å². The van der Waals surface area contributed by atoms with Crippen LogP contribution in [0.2, 0.25) is 0 Å². The van der Waals surface area contributed by atoms with Crippen LogP contribution < -0.4 is 4.74 Å². The standard InChI is InChI=1S/C16H19NO/c1-17-11-13(9-12-5-3-4-6-12)15-10-14(18-2)7-8-16(15)17/h7-11H,3-6H2,1-2H3. The van der Waals surface area contributed by atoms with Crippen LogP contribution in [0.1, 0.15) is 31.2 Å². The van der Waals surface area contributed by atoms with Crippen molar-refractivity contribution in [1.82, 2.24) is 4.57 Å². The minimum Gasteiger partial charge on any atom is -0.497 e. The minimum atomic E-state index is 0.930. The third kappa shape index (κ3) is 1.92. The van der Waals surface area contributed by atoms with Crippen molar-refractivity contribution in [3.8, 4) is 5.75 Å². The van der Waals surface area contributed by atoms with Crippen LogP contribution in [0.25, 0.3) is 17.0 Å². The van der Waals surface area contributed by atoms with Gasteiger partial charge in [0, 0.05) is 29.7 Å². The van der Waals surface area contributed by atoms with Crippen molar-refractivity contribution in [2.24, 2.45) is 7.05 Å². The molecule has 0 N–H and O–H groups in total. The molecular formula is C16H19NO. The summed E-state index contributed by atoms with van der Waals surface area (Å²) in [7, 11) is 3.82. The van der Waals surface area contributed by atoms with Crippen molar-refractivity contribution < 1.29 is 4.74 Å². The molecule has 0 aliphatic heterocycles. The number of hydrogen-bond donors (Lipinski definition) is 0. The van der Waals surface area contributed by atoms with Crippen LogP contribution in [0, 0.1) is 0 Å². The lowest BCUT2D eigenvalue weighted by molar-refractivity contribution is 0.415. The van der Waals surface area contributed by atoms with Crippen molar-refractivity contribution in [2.75, 3.05) is 7.11 Å². The van der Waals surface area contributed by atoms with E-state index in [1.807, 2.05) is 6.07 Å². The predicted molar refractivity (Wildman–Crippen MR) is 75.9 cm³/mol. The van der Waals surface area contributed by atoms with Gasteiger partial charge >= 0.3 is 0 Å². The molecule has 0 spiro atoms. The molecule has 3 rings (SSSR count). The highest BCUT2D eigenvalue weighted by molar-refractivity contribution is 5.91. The average molecular weight is 241 g/mol. The first-order valence-electron chi connectivity index (χ1n) is 6.60. The Morgan fingerprint density at radius 2 is 2.00 bits per heavy atom. The van der Waals surface area contributed by atoms with Crippen LogP contribution in [0.5, 0.6) is 5.75 Å². The Hall–Kier alpha value is -1.70. The largest absolute Gasteiger partial charge is 0.497 e. The zero-order chi connectivity index (χ0) is 12.5. The summed E-state index contributed by atoms with van der Waals surface area (Å²) in [6, 6.07) is 6.29. The first kappa shape index (κ1) is 11.4. The van der Waals surface area contributed by atoms with Gasteiger partial charge in [0.15, 0.2) is 0 Å². The smallest absolute Gasteiger partial charge is 0.119 e. The Morgan fingerprint density at radius 3 is 2.72 bits per heavy atom. The Bertz CT molecular complexity index is 599. The lowest BCUT2D eigenvalue weighted by Gasteiger charge is -2.01. The topological polar surface area (TPSA) is 14.2 Å². The summed E-state index contributed by atoms with van der Waals surface area (Å²) in [4.78, 5) is 0. The number of hydrogen-bond acceptors (Lipinski definition) is 1. The minimum absolute atomic E-state index is 0.930. The molecule has 2 heteroatoms. The molecule has 1 aliphatic carbocycles. The molecule has 0 bridgehead atoms. The molecule has 1 aliphatic rings. The third-order valence-corrected chi connectivity index (χ3v) is 3.83. The van der Waals surface area contributed by atoms with Crippen LogP contribution in [-0.4, -0.2) is 11.7 Å². The van der Waals surface area contributed by atoms with Gasteiger partial charge in [-0.2, -0.15) is 0 Å². The van der Waals surface area contributed by atoms with E-state index < -0.39 is 0 Å². The van der Waals surface area contributed by atoms with Gasteiger partial charge in [-0.25, -0.2) is 0 Å². The SMILES string of the molecule is COc1ccc2c(c1)c(C=C1CCCC1)cn2C. The maximum absolute atomic E-state index is 5.33. The van der Waals surface area contributed by atoms with Crippen LogP contribution in [0.4, 0.5) is 0 Å². The molecule has 0 saturated heterocycles. The molecule has 1 aromatic carbocycles. The first-order chi connectivity index (χ1) is 8.78. The molecular weight excluding hydrogens is 222 g/mol. The number of nitrogens with zero attached hydrogens (tertiary/aromatic N) is 1. The van der Waals surface area contributed by atoms with Crippen LogP contribution in [-0.2, 0) is 7.05 Å². The second kappa shape index (κ2) is 4.52. The number of fused-ring (bicyclic) bond motifs is 1. The molecule has 18 heavy (non-hydrogen) atoms. The lowest BCUT2D eigenvalue weighted by atomic mass is 10.1. The zero-order valence-corrected chi connectivity index (χ0v) is 11.1. The highest BCUT2D eigenvalue weighted by atomic mass is 16.5. The second-order valence-electron chi connectivity index (χ2n) is 5.09. The summed E-state index contributed by atoms with van der Waals surface area (Å²) in [5.74, 6) is 0.930. The van der Waals surface area contributed by atoms with E-state index in [0.29, 0.717) is 0 Å². The summed E-state index contributed by atoms with van der Waals surface area (Å²) in [5, 5.41) is 1.29. The van der Waals surface area contributed by atoms with Gasteiger partial charge in [-0.1, -0.05) is 11.6 Å². The molecule has 1 saturated carbocycles. The van der Waals surface area contributed by atoms with E-state index in [-0.39, 0.29) is 0 Å². The average Bonchev–Trinajstić information content (AvgIpc) is 2.99. The molecule has 0 amide bonds. The maximum atomic E-state index is 5.33. The molecule has 1 aromatic heterocycles. The molecule has 94 valence electrons. The van der Waals surface area contributed by atoms with Crippen LogP contribution in [0.15, 0.2) is 30.0 Å². The molecule has 2 nitrogen and oxygen atoms in total. The number of benzene rings is 1. The number of rotatable bonds is 2. The summed E-state index contributed by atoms with van der Waals surface area (Å²) in [6.07, 6.45) is 9.81. The Balaban J connectivity index is 2.13. The van der Waals surface area contributed by atoms with Crippen molar-refractivity contribution >= 4 is 17.0 Å². The van der Waals surface area contributed by atoms with Gasteiger partial charge < -0.3 is 9.30 Å². The van der Waals surface area contributed by atoms with Crippen molar-refractivity contribution in [3.05, 3.63) is 35.5 Å². The number of ether oxygens (including phenoxy) is 1. The first-order valence-corrected chi connectivity index (χ1v) is 6.60. The molecule has 1 fully saturated rings. The summed E-state index contributed by atoms with van der Waals surface area (Å²) in [5.41, 5.74) is 4.18. The van der Waals surface area contributed by atoms with Gasteiger partial charge in [0.1, 0.15) is 5.75 Å². The zero-order valence-electron chi connectivity index (χ0n) is 11.1. The Morgan fingerprint density at radius 1 is 1.22 bits per heavy atom. The number of aryl methyl sites for hydroxylation is 1. The monoisotopic (exact) mass is 241 g/mol. The van der Waals surface area contributed by atoms with Gasteiger partial charge in [-0.15, -0.1) is 0 Å². The van der Waals surface area contributed by atoms with E-state index >= 15 is 0 Å². The van der Waals surface area contributed by atoms with Gasteiger partial charge in [-0.05, 0) is 43.9 Å². The van der Waals surface area contributed by atoms with Crippen molar-refractivity contribution in [2.45, 2.75) is 25.7 Å². The number of aromatic nitrogens is 1. The van der Waals surface area contributed by atoms with Gasteiger partial charge in [0.2, 0.25) is 0 Å². The summed E-state index contributed by atoms with van der Waals surface area (Å²) in [6.45, 7) is 0. The van der Waals surface area contributed by atoms with Crippen LogP contribution in [0.3, 0.4) is 0 Å². The molecule has 0 radical (unpaired) electrons. The maximum Gasteiger partial charge on any atom is 0.119 e. The third-order valence-electron chi connectivity index (χ3n) is 3.83. The predicted octanol–water partition coefficient (Wildman–Crippen LogP) is 4.14. The summed E-state index contributed by atoms with van der Waals surface area (Å²) >= 11 is 0. The van der Waals surface area contributed by atoms with Gasteiger partial charge in [-0.3, -0.25) is 0 Å². The van der Waals surface area contributed by atoms with E-state index in [4.69, 9.17) is 4.74 Å². The number of allylic oxidation sites excluding steroid dienone is 1. The second-order valence-corrected chi connectivity index (χ2v) is 5.09. The molecule has 2 aromatic rings. The van der Waals surface area contributed by atoms with E-state index in [1.54, 1.807) is 12.7 Å². The molecule has 0 unspecified atom stereocenters. The highest BCUT2D eigenvalue weighted by Crippen LogP contribution is 2.31. The van der Waals surface area contributed by atoms with Crippen LogP contribution >= 0.6 is 0 Å². The van der Waals surface area contributed by atoms with Crippen molar-refractivity contribution in [1.29, 1.82) is 0 Å². The van der Waals surface area contributed by atoms with E-state index in [0.717, 1.165) is 5.75 Å². The lowest BCUT2D eigenvalue weighted by Crippen LogP contribution is -1.84. The Kier molecular flexibility index (Phi) is 2.86. The summed E-state index contributed by atoms with van der Waals surface area (Å²) < 4.78 is 7.52. The Labute approximate surface area is 108 Å². The highest BCUT2D eigenvalue weighted by Gasteiger charge is 2.10. The van der Waals surface area contributed by atoms with E-state index in [2.05, 4.69) is 36.0 Å². The normalized spacial score (nSPS) is 15.3. The fourth-order valence-electron chi connectivity index (χ4n) is 2.84. The van der Waals surface area contributed by atoms with Crippen molar-refractivity contribution in [3.63, 3.8) is 0 Å². The van der Waals surface area contributed by atoms with Gasteiger partial charge in [0.05, 0.1) is 7.11 Å². The van der Waals surface area contributed by atoms with E-state index in [9.17, 15) is 0 Å². The number of methoxy groups -OCH3 is 1. The fourth-order valence-corrected chi connectivity index (χ4v) is 2.84.